The van der Waals surface area contributed by atoms with E-state index in [0.29, 0.717) is 6.04 Å². The highest BCUT2D eigenvalue weighted by Gasteiger charge is 2.23. The SMILES string of the molecule is CC(CC1CC1)NCc1cccc(OC(C)C)c1. The molecule has 1 aromatic carbocycles. The molecule has 0 spiro atoms. The zero-order chi connectivity index (χ0) is 13.0. The lowest BCUT2D eigenvalue weighted by Gasteiger charge is -2.14. The second kappa shape index (κ2) is 6.24. The van der Waals surface area contributed by atoms with Crippen molar-refractivity contribution in [2.75, 3.05) is 0 Å². The molecule has 1 atom stereocenters. The maximum atomic E-state index is 5.71. The molecule has 1 aromatic rings. The molecular weight excluding hydrogens is 222 g/mol. The largest absolute Gasteiger partial charge is 0.491 e. The third kappa shape index (κ3) is 4.69. The molecule has 1 N–H and O–H groups in total. The molecule has 1 aliphatic carbocycles. The lowest BCUT2D eigenvalue weighted by molar-refractivity contribution is 0.242. The summed E-state index contributed by atoms with van der Waals surface area (Å²) < 4.78 is 5.71. The van der Waals surface area contributed by atoms with Crippen LogP contribution < -0.4 is 10.1 Å². The van der Waals surface area contributed by atoms with Crippen molar-refractivity contribution in [1.29, 1.82) is 0 Å². The van der Waals surface area contributed by atoms with Crippen LogP contribution in [0.5, 0.6) is 5.75 Å². The van der Waals surface area contributed by atoms with Gasteiger partial charge in [-0.05, 0) is 50.8 Å². The van der Waals surface area contributed by atoms with Crippen LogP contribution in [-0.2, 0) is 6.54 Å². The van der Waals surface area contributed by atoms with Gasteiger partial charge in [0, 0.05) is 12.6 Å². The Morgan fingerprint density at radius 2 is 2.06 bits per heavy atom. The average molecular weight is 247 g/mol. The highest BCUT2D eigenvalue weighted by atomic mass is 16.5. The van der Waals surface area contributed by atoms with Crippen LogP contribution in [0.4, 0.5) is 0 Å². The Bertz CT molecular complexity index is 371. The quantitative estimate of drug-likeness (QED) is 0.792. The third-order valence-electron chi connectivity index (χ3n) is 3.31. The summed E-state index contributed by atoms with van der Waals surface area (Å²) in [6.07, 6.45) is 4.43. The number of hydrogen-bond acceptors (Lipinski definition) is 2. The summed E-state index contributed by atoms with van der Waals surface area (Å²) in [7, 11) is 0. The van der Waals surface area contributed by atoms with Gasteiger partial charge in [-0.3, -0.25) is 0 Å². The van der Waals surface area contributed by atoms with Gasteiger partial charge in [-0.15, -0.1) is 0 Å². The first-order valence-electron chi connectivity index (χ1n) is 7.12. The molecule has 1 fully saturated rings. The number of hydrogen-bond donors (Lipinski definition) is 1. The van der Waals surface area contributed by atoms with Crippen molar-refractivity contribution in [3.8, 4) is 5.75 Å². The van der Waals surface area contributed by atoms with Crippen molar-refractivity contribution in [2.45, 2.75) is 58.7 Å². The second-order valence-corrected chi connectivity index (χ2v) is 5.78. The summed E-state index contributed by atoms with van der Waals surface area (Å²) in [6, 6.07) is 9.00. The maximum absolute atomic E-state index is 5.71. The molecule has 0 amide bonds. The van der Waals surface area contributed by atoms with E-state index < -0.39 is 0 Å². The van der Waals surface area contributed by atoms with E-state index in [4.69, 9.17) is 4.74 Å². The first-order valence-corrected chi connectivity index (χ1v) is 7.12. The van der Waals surface area contributed by atoms with E-state index in [1.807, 2.05) is 6.07 Å². The van der Waals surface area contributed by atoms with Gasteiger partial charge in [-0.2, -0.15) is 0 Å². The van der Waals surface area contributed by atoms with E-state index in [1.54, 1.807) is 0 Å². The molecule has 1 unspecified atom stereocenters. The summed E-state index contributed by atoms with van der Waals surface area (Å²) in [5.74, 6) is 1.96. The molecule has 0 radical (unpaired) electrons. The van der Waals surface area contributed by atoms with Crippen molar-refractivity contribution in [3.05, 3.63) is 29.8 Å². The van der Waals surface area contributed by atoms with Crippen LogP contribution >= 0.6 is 0 Å². The molecule has 0 bridgehead atoms. The van der Waals surface area contributed by atoms with Crippen LogP contribution in [0.25, 0.3) is 0 Å². The lowest BCUT2D eigenvalue weighted by atomic mass is 10.1. The standard InChI is InChI=1S/C16H25NO/c1-12(2)18-16-6-4-5-15(10-16)11-17-13(3)9-14-7-8-14/h4-6,10,12-14,17H,7-9,11H2,1-3H3. The minimum absolute atomic E-state index is 0.238. The summed E-state index contributed by atoms with van der Waals surface area (Å²) in [4.78, 5) is 0. The van der Waals surface area contributed by atoms with E-state index in [9.17, 15) is 0 Å². The van der Waals surface area contributed by atoms with Gasteiger partial charge in [0.1, 0.15) is 5.75 Å². The first kappa shape index (κ1) is 13.4. The molecule has 0 aromatic heterocycles. The van der Waals surface area contributed by atoms with Gasteiger partial charge in [-0.1, -0.05) is 25.0 Å². The van der Waals surface area contributed by atoms with Crippen LogP contribution in [0.2, 0.25) is 0 Å². The van der Waals surface area contributed by atoms with E-state index in [0.717, 1.165) is 18.2 Å². The molecule has 18 heavy (non-hydrogen) atoms. The van der Waals surface area contributed by atoms with Gasteiger partial charge >= 0.3 is 0 Å². The monoisotopic (exact) mass is 247 g/mol. The average Bonchev–Trinajstić information content (AvgIpc) is 3.10. The van der Waals surface area contributed by atoms with Crippen LogP contribution in [-0.4, -0.2) is 12.1 Å². The number of benzene rings is 1. The molecule has 1 saturated carbocycles. The van der Waals surface area contributed by atoms with Crippen molar-refractivity contribution in [2.24, 2.45) is 5.92 Å². The van der Waals surface area contributed by atoms with E-state index in [1.165, 1.54) is 24.8 Å². The van der Waals surface area contributed by atoms with Crippen molar-refractivity contribution < 1.29 is 4.74 Å². The summed E-state index contributed by atoms with van der Waals surface area (Å²) in [5, 5.41) is 3.60. The first-order chi connectivity index (χ1) is 8.63. The van der Waals surface area contributed by atoms with Crippen molar-refractivity contribution >= 4 is 0 Å². The minimum atomic E-state index is 0.238. The Morgan fingerprint density at radius 1 is 1.28 bits per heavy atom. The molecule has 100 valence electrons. The van der Waals surface area contributed by atoms with Gasteiger partial charge in [0.25, 0.3) is 0 Å². The Balaban J connectivity index is 1.80. The Hall–Kier alpha value is -1.02. The fourth-order valence-electron chi connectivity index (χ4n) is 2.23. The normalized spacial score (nSPS) is 16.9. The number of ether oxygens (including phenoxy) is 1. The molecule has 0 aliphatic heterocycles. The Morgan fingerprint density at radius 3 is 2.72 bits per heavy atom. The molecule has 0 heterocycles. The Labute approximate surface area is 111 Å². The van der Waals surface area contributed by atoms with Crippen LogP contribution in [0, 0.1) is 5.92 Å². The van der Waals surface area contributed by atoms with Crippen molar-refractivity contribution in [3.63, 3.8) is 0 Å². The van der Waals surface area contributed by atoms with Crippen LogP contribution in [0.1, 0.15) is 45.6 Å². The number of nitrogens with one attached hydrogen (secondary N) is 1. The molecule has 1 aliphatic rings. The van der Waals surface area contributed by atoms with Crippen molar-refractivity contribution in [1.82, 2.24) is 5.32 Å². The minimum Gasteiger partial charge on any atom is -0.491 e. The van der Waals surface area contributed by atoms with Gasteiger partial charge < -0.3 is 10.1 Å². The molecular formula is C16H25NO. The van der Waals surface area contributed by atoms with E-state index in [2.05, 4.69) is 44.3 Å². The van der Waals surface area contributed by atoms with Crippen LogP contribution in [0.15, 0.2) is 24.3 Å². The third-order valence-corrected chi connectivity index (χ3v) is 3.31. The van der Waals surface area contributed by atoms with Gasteiger partial charge in [0.15, 0.2) is 0 Å². The molecule has 2 nitrogen and oxygen atoms in total. The molecule has 0 saturated heterocycles. The maximum Gasteiger partial charge on any atom is 0.120 e. The smallest absolute Gasteiger partial charge is 0.120 e. The molecule has 2 rings (SSSR count). The van der Waals surface area contributed by atoms with Gasteiger partial charge in [0.2, 0.25) is 0 Å². The van der Waals surface area contributed by atoms with Gasteiger partial charge in [0.05, 0.1) is 6.10 Å². The zero-order valence-corrected chi connectivity index (χ0v) is 11.8. The molecule has 2 heteroatoms. The highest BCUT2D eigenvalue weighted by molar-refractivity contribution is 5.28. The fourth-order valence-corrected chi connectivity index (χ4v) is 2.23. The van der Waals surface area contributed by atoms with Gasteiger partial charge in [-0.25, -0.2) is 0 Å². The fraction of sp³-hybridized carbons (Fsp3) is 0.625. The number of rotatable bonds is 7. The summed E-state index contributed by atoms with van der Waals surface area (Å²) >= 11 is 0. The predicted octanol–water partition coefficient (Wildman–Crippen LogP) is 3.75. The Kier molecular flexibility index (Phi) is 4.65. The zero-order valence-electron chi connectivity index (χ0n) is 11.8. The lowest BCUT2D eigenvalue weighted by Crippen LogP contribution is -2.25. The topological polar surface area (TPSA) is 21.3 Å². The highest BCUT2D eigenvalue weighted by Crippen LogP contribution is 2.33. The second-order valence-electron chi connectivity index (χ2n) is 5.78. The summed E-state index contributed by atoms with van der Waals surface area (Å²) in [6.45, 7) is 7.33. The van der Waals surface area contributed by atoms with E-state index in [-0.39, 0.29) is 6.10 Å². The van der Waals surface area contributed by atoms with Crippen LogP contribution in [0.3, 0.4) is 0 Å². The summed E-state index contributed by atoms with van der Waals surface area (Å²) in [5.41, 5.74) is 1.30. The predicted molar refractivity (Wildman–Crippen MR) is 75.8 cm³/mol. The van der Waals surface area contributed by atoms with E-state index >= 15 is 0 Å².